The Labute approximate surface area is 152 Å². The summed E-state index contributed by atoms with van der Waals surface area (Å²) in [5.41, 5.74) is 1.61. The van der Waals surface area contributed by atoms with Crippen molar-refractivity contribution in [3.05, 3.63) is 59.7 Å². The standard InChI is InChI=1S/C20H22N2O4/c1-20(2,3)12-17(23)21-15-8-4-13(5-9-15)18(24)22-16-10-6-14(7-11-16)19(25)26/h4-11H,12H2,1-3H3,(H,21,23)(H,22,24)(H,25,26). The molecule has 0 saturated heterocycles. The molecule has 0 unspecified atom stereocenters. The molecule has 0 radical (unpaired) electrons. The van der Waals surface area contributed by atoms with Crippen LogP contribution in [0.3, 0.4) is 0 Å². The molecular formula is C20H22N2O4. The highest BCUT2D eigenvalue weighted by Crippen LogP contribution is 2.20. The van der Waals surface area contributed by atoms with Gasteiger partial charge >= 0.3 is 5.97 Å². The van der Waals surface area contributed by atoms with Crippen LogP contribution < -0.4 is 10.6 Å². The molecule has 2 rings (SSSR count). The number of hydrogen-bond acceptors (Lipinski definition) is 3. The van der Waals surface area contributed by atoms with Crippen LogP contribution in [0.25, 0.3) is 0 Å². The summed E-state index contributed by atoms with van der Waals surface area (Å²) in [6.45, 7) is 5.97. The Morgan fingerprint density at radius 1 is 0.808 bits per heavy atom. The highest BCUT2D eigenvalue weighted by Gasteiger charge is 2.16. The van der Waals surface area contributed by atoms with E-state index >= 15 is 0 Å². The Balaban J connectivity index is 1.97. The molecule has 26 heavy (non-hydrogen) atoms. The monoisotopic (exact) mass is 354 g/mol. The van der Waals surface area contributed by atoms with Crippen molar-refractivity contribution in [2.75, 3.05) is 10.6 Å². The van der Waals surface area contributed by atoms with Crippen LogP contribution in [0.15, 0.2) is 48.5 Å². The maximum atomic E-state index is 12.2. The number of hydrogen-bond donors (Lipinski definition) is 3. The van der Waals surface area contributed by atoms with Gasteiger partial charge in [-0.2, -0.15) is 0 Å². The molecular weight excluding hydrogens is 332 g/mol. The lowest BCUT2D eigenvalue weighted by Crippen LogP contribution is -2.19. The smallest absolute Gasteiger partial charge is 0.335 e. The van der Waals surface area contributed by atoms with Gasteiger partial charge in [-0.1, -0.05) is 20.8 Å². The fourth-order valence-corrected chi connectivity index (χ4v) is 2.29. The van der Waals surface area contributed by atoms with Gasteiger partial charge in [0.2, 0.25) is 5.91 Å². The summed E-state index contributed by atoms with van der Waals surface area (Å²) < 4.78 is 0. The maximum absolute atomic E-state index is 12.2. The molecule has 0 atom stereocenters. The Morgan fingerprint density at radius 3 is 1.73 bits per heavy atom. The van der Waals surface area contributed by atoms with Gasteiger partial charge in [0.1, 0.15) is 0 Å². The fourth-order valence-electron chi connectivity index (χ4n) is 2.29. The lowest BCUT2D eigenvalue weighted by Gasteiger charge is -2.17. The number of nitrogens with one attached hydrogen (secondary N) is 2. The quantitative estimate of drug-likeness (QED) is 0.756. The van der Waals surface area contributed by atoms with Crippen molar-refractivity contribution >= 4 is 29.2 Å². The van der Waals surface area contributed by atoms with E-state index in [-0.39, 0.29) is 22.8 Å². The van der Waals surface area contributed by atoms with Gasteiger partial charge in [0, 0.05) is 23.4 Å². The highest BCUT2D eigenvalue weighted by atomic mass is 16.4. The van der Waals surface area contributed by atoms with Gasteiger partial charge in [0.25, 0.3) is 5.91 Å². The Bertz CT molecular complexity index is 803. The zero-order valence-corrected chi connectivity index (χ0v) is 15.0. The third-order valence-electron chi connectivity index (χ3n) is 3.51. The molecule has 0 aromatic heterocycles. The van der Waals surface area contributed by atoms with Crippen LogP contribution in [-0.4, -0.2) is 22.9 Å². The molecule has 2 aromatic carbocycles. The summed E-state index contributed by atoms with van der Waals surface area (Å²) in [6.07, 6.45) is 0.404. The van der Waals surface area contributed by atoms with Gasteiger partial charge in [-0.3, -0.25) is 9.59 Å². The molecule has 0 heterocycles. The van der Waals surface area contributed by atoms with E-state index in [1.807, 2.05) is 20.8 Å². The average Bonchev–Trinajstić information content (AvgIpc) is 2.54. The molecule has 0 saturated carbocycles. The number of carboxylic acid groups (broad SMARTS) is 1. The van der Waals surface area contributed by atoms with Crippen LogP contribution in [0.4, 0.5) is 11.4 Å². The fraction of sp³-hybridized carbons (Fsp3) is 0.250. The predicted octanol–water partition coefficient (Wildman–Crippen LogP) is 4.01. The zero-order valence-electron chi connectivity index (χ0n) is 15.0. The van der Waals surface area contributed by atoms with Crippen molar-refractivity contribution in [2.45, 2.75) is 27.2 Å². The van der Waals surface area contributed by atoms with Gasteiger partial charge in [-0.05, 0) is 53.9 Å². The van der Waals surface area contributed by atoms with Gasteiger partial charge in [0.15, 0.2) is 0 Å². The van der Waals surface area contributed by atoms with E-state index in [4.69, 9.17) is 5.11 Å². The van der Waals surface area contributed by atoms with Crippen molar-refractivity contribution in [1.29, 1.82) is 0 Å². The molecule has 136 valence electrons. The molecule has 3 N–H and O–H groups in total. The molecule has 0 fully saturated rings. The first-order chi connectivity index (χ1) is 12.1. The zero-order chi connectivity index (χ0) is 19.3. The maximum Gasteiger partial charge on any atom is 0.335 e. The number of carboxylic acids is 1. The van der Waals surface area contributed by atoms with Gasteiger partial charge in [-0.15, -0.1) is 0 Å². The lowest BCUT2D eigenvalue weighted by atomic mass is 9.92. The van der Waals surface area contributed by atoms with E-state index in [2.05, 4.69) is 10.6 Å². The Hall–Kier alpha value is -3.15. The molecule has 0 aliphatic heterocycles. The number of aromatic carboxylic acids is 1. The predicted molar refractivity (Wildman–Crippen MR) is 100 cm³/mol. The Morgan fingerprint density at radius 2 is 1.27 bits per heavy atom. The molecule has 0 aliphatic carbocycles. The van der Waals surface area contributed by atoms with Crippen molar-refractivity contribution in [3.63, 3.8) is 0 Å². The second-order valence-corrected chi connectivity index (χ2v) is 7.20. The van der Waals surface area contributed by atoms with E-state index in [1.165, 1.54) is 24.3 Å². The third-order valence-corrected chi connectivity index (χ3v) is 3.51. The number of rotatable bonds is 5. The van der Waals surface area contributed by atoms with E-state index in [0.717, 1.165) is 0 Å². The minimum absolute atomic E-state index is 0.0757. The van der Waals surface area contributed by atoms with E-state index in [9.17, 15) is 14.4 Å². The summed E-state index contributed by atoms with van der Waals surface area (Å²) in [7, 11) is 0. The molecule has 0 spiro atoms. The summed E-state index contributed by atoms with van der Waals surface area (Å²) in [5.74, 6) is -1.42. The van der Waals surface area contributed by atoms with Gasteiger partial charge in [-0.25, -0.2) is 4.79 Å². The minimum Gasteiger partial charge on any atom is -0.478 e. The van der Waals surface area contributed by atoms with Crippen LogP contribution in [0.2, 0.25) is 0 Å². The van der Waals surface area contributed by atoms with Gasteiger partial charge in [0.05, 0.1) is 5.56 Å². The molecule has 0 bridgehead atoms. The molecule has 2 amide bonds. The second-order valence-electron chi connectivity index (χ2n) is 7.20. The normalized spacial score (nSPS) is 10.9. The summed E-state index contributed by atoms with van der Waals surface area (Å²) in [6, 6.07) is 12.5. The van der Waals surface area contributed by atoms with Crippen LogP contribution in [-0.2, 0) is 4.79 Å². The van der Waals surface area contributed by atoms with E-state index in [0.29, 0.717) is 23.4 Å². The van der Waals surface area contributed by atoms with Crippen molar-refractivity contribution in [1.82, 2.24) is 0 Å². The van der Waals surface area contributed by atoms with Gasteiger partial charge < -0.3 is 15.7 Å². The number of anilines is 2. The number of carbonyl (C=O) groups is 3. The van der Waals surface area contributed by atoms with Crippen molar-refractivity contribution in [3.8, 4) is 0 Å². The highest BCUT2D eigenvalue weighted by molar-refractivity contribution is 6.04. The average molecular weight is 354 g/mol. The third kappa shape index (κ3) is 5.73. The second kappa shape index (κ2) is 7.82. The molecule has 6 nitrogen and oxygen atoms in total. The van der Waals surface area contributed by atoms with E-state index in [1.54, 1.807) is 24.3 Å². The Kier molecular flexibility index (Phi) is 5.77. The van der Waals surface area contributed by atoms with Crippen LogP contribution in [0, 0.1) is 5.41 Å². The molecule has 6 heteroatoms. The minimum atomic E-state index is -1.02. The first kappa shape index (κ1) is 19.2. The first-order valence-corrected chi connectivity index (χ1v) is 8.19. The summed E-state index contributed by atoms with van der Waals surface area (Å²) in [4.78, 5) is 35.0. The molecule has 0 aliphatic rings. The van der Waals surface area contributed by atoms with Crippen molar-refractivity contribution in [2.24, 2.45) is 5.41 Å². The largest absolute Gasteiger partial charge is 0.478 e. The van der Waals surface area contributed by atoms with Crippen LogP contribution in [0.1, 0.15) is 47.9 Å². The SMILES string of the molecule is CC(C)(C)CC(=O)Nc1ccc(C(=O)Nc2ccc(C(=O)O)cc2)cc1. The van der Waals surface area contributed by atoms with Crippen molar-refractivity contribution < 1.29 is 19.5 Å². The number of benzene rings is 2. The topological polar surface area (TPSA) is 95.5 Å². The first-order valence-electron chi connectivity index (χ1n) is 8.19. The number of carbonyl (C=O) groups excluding carboxylic acids is 2. The van der Waals surface area contributed by atoms with Crippen LogP contribution in [0.5, 0.6) is 0 Å². The van der Waals surface area contributed by atoms with E-state index < -0.39 is 5.97 Å². The van der Waals surface area contributed by atoms with Crippen LogP contribution >= 0.6 is 0 Å². The number of amides is 2. The lowest BCUT2D eigenvalue weighted by molar-refractivity contribution is -0.117. The summed E-state index contributed by atoms with van der Waals surface area (Å²) in [5, 5.41) is 14.4. The molecule has 2 aromatic rings. The summed E-state index contributed by atoms with van der Waals surface area (Å²) >= 11 is 0.